The highest BCUT2D eigenvalue weighted by Crippen LogP contribution is 2.43. The highest BCUT2D eigenvalue weighted by molar-refractivity contribution is 7.47. The summed E-state index contributed by atoms with van der Waals surface area (Å²) < 4.78 is 32.9. The van der Waals surface area contributed by atoms with E-state index in [4.69, 9.17) is 18.5 Å². The van der Waals surface area contributed by atoms with E-state index < -0.39 is 26.5 Å². The standard InChI is InChI=1S/C57H101O8P/c1-4-7-9-11-13-15-17-19-21-23-25-27-29-31-33-35-37-39-41-43-45-47-49-51-56(58)62-53-55(54-64-66(60,61)63-6-3)65-57(59)52-50-48-46-44-42-40-38-36-34-32-30-28-26-24-22-20-18-16-14-12-10-8-5-2/h8,10,14,16-17,19-20,22-23,25-26,28,55H,4-7,9,11-13,15,18,21,24,27,29-54H2,1-3H3,(H,60,61)/b10-8-,16-14-,19-17-,22-20-,25-23-,28-26-. The number of carbonyl (C=O) groups excluding carboxylic acids is 2. The first-order valence-electron chi connectivity index (χ1n) is 27.2. The minimum atomic E-state index is -4.29. The number of phosphoric ester groups is 1. The smallest absolute Gasteiger partial charge is 0.462 e. The van der Waals surface area contributed by atoms with Gasteiger partial charge in [0, 0.05) is 12.8 Å². The summed E-state index contributed by atoms with van der Waals surface area (Å²) in [5.41, 5.74) is 0. The molecule has 0 spiro atoms. The molecule has 9 heteroatoms. The van der Waals surface area contributed by atoms with Crippen LogP contribution >= 0.6 is 7.82 Å². The fourth-order valence-corrected chi connectivity index (χ4v) is 8.29. The van der Waals surface area contributed by atoms with Gasteiger partial charge in [0.25, 0.3) is 0 Å². The van der Waals surface area contributed by atoms with Crippen molar-refractivity contribution >= 4 is 19.8 Å². The fraction of sp³-hybridized carbons (Fsp3) is 0.754. The first-order chi connectivity index (χ1) is 32.3. The van der Waals surface area contributed by atoms with Crippen molar-refractivity contribution in [2.45, 2.75) is 258 Å². The summed E-state index contributed by atoms with van der Waals surface area (Å²) in [6.45, 7) is 5.38. The third kappa shape index (κ3) is 50.9. The van der Waals surface area contributed by atoms with E-state index in [2.05, 4.69) is 86.8 Å². The van der Waals surface area contributed by atoms with Gasteiger partial charge in [0.1, 0.15) is 6.61 Å². The van der Waals surface area contributed by atoms with E-state index in [1.165, 1.54) is 135 Å². The van der Waals surface area contributed by atoms with E-state index in [1.54, 1.807) is 6.92 Å². The Bertz CT molecular complexity index is 1300. The highest BCUT2D eigenvalue weighted by atomic mass is 31.2. The number of allylic oxidation sites excluding steroid dienone is 12. The summed E-state index contributed by atoms with van der Waals surface area (Å²) in [5, 5.41) is 0. The van der Waals surface area contributed by atoms with Crippen LogP contribution in [0.25, 0.3) is 0 Å². The topological polar surface area (TPSA) is 108 Å². The molecule has 0 fully saturated rings. The minimum absolute atomic E-state index is 0.00320. The molecular formula is C57H101O8P. The van der Waals surface area contributed by atoms with Gasteiger partial charge in [-0.15, -0.1) is 0 Å². The number of ether oxygens (including phenoxy) is 2. The lowest BCUT2D eigenvalue weighted by Gasteiger charge is -2.19. The van der Waals surface area contributed by atoms with Crippen LogP contribution in [-0.2, 0) is 32.7 Å². The second-order valence-electron chi connectivity index (χ2n) is 17.9. The van der Waals surface area contributed by atoms with Gasteiger partial charge in [0.2, 0.25) is 0 Å². The second kappa shape index (κ2) is 51.9. The van der Waals surface area contributed by atoms with E-state index in [9.17, 15) is 19.0 Å². The zero-order valence-corrected chi connectivity index (χ0v) is 43.7. The van der Waals surface area contributed by atoms with Crippen molar-refractivity contribution in [1.82, 2.24) is 0 Å². The quantitative estimate of drug-likeness (QED) is 0.0278. The molecule has 66 heavy (non-hydrogen) atoms. The normalized spacial score (nSPS) is 13.7. The highest BCUT2D eigenvalue weighted by Gasteiger charge is 2.25. The molecule has 382 valence electrons. The van der Waals surface area contributed by atoms with Crippen LogP contribution in [0.5, 0.6) is 0 Å². The lowest BCUT2D eigenvalue weighted by molar-refractivity contribution is -0.161. The Hall–Kier alpha value is -2.51. The third-order valence-corrected chi connectivity index (χ3v) is 12.6. The SMILES string of the molecule is CC/C=C\C/C=C\C/C=C\C/C=C\CCCCCCCCCCCCC(=O)OC(COC(=O)CCCCCCCCCCCCC/C=C\C/C=C\CCCCCCC)COP(=O)(O)OCC. The van der Waals surface area contributed by atoms with Gasteiger partial charge < -0.3 is 14.4 Å². The minimum Gasteiger partial charge on any atom is -0.462 e. The van der Waals surface area contributed by atoms with Crippen LogP contribution in [0.4, 0.5) is 0 Å². The Kier molecular flexibility index (Phi) is 49.9. The molecule has 0 aromatic rings. The number of rotatable bonds is 50. The molecule has 0 saturated heterocycles. The van der Waals surface area contributed by atoms with Gasteiger partial charge in [-0.1, -0.05) is 222 Å². The van der Waals surface area contributed by atoms with E-state index in [-0.39, 0.29) is 32.0 Å². The van der Waals surface area contributed by atoms with Crippen LogP contribution in [0.2, 0.25) is 0 Å². The lowest BCUT2D eigenvalue weighted by atomic mass is 10.0. The van der Waals surface area contributed by atoms with E-state index in [0.717, 1.165) is 77.0 Å². The van der Waals surface area contributed by atoms with Gasteiger partial charge in [0.05, 0.1) is 13.2 Å². The predicted molar refractivity (Wildman–Crippen MR) is 281 cm³/mol. The molecule has 0 heterocycles. The summed E-state index contributed by atoms with van der Waals surface area (Å²) in [6.07, 6.45) is 66.8. The molecule has 0 radical (unpaired) electrons. The maximum Gasteiger partial charge on any atom is 0.472 e. The molecule has 8 nitrogen and oxygen atoms in total. The van der Waals surface area contributed by atoms with E-state index in [0.29, 0.717) is 6.42 Å². The van der Waals surface area contributed by atoms with Gasteiger partial charge in [-0.2, -0.15) is 0 Å². The first kappa shape index (κ1) is 63.5. The van der Waals surface area contributed by atoms with E-state index in [1.807, 2.05) is 0 Å². The van der Waals surface area contributed by atoms with Crippen LogP contribution in [0.3, 0.4) is 0 Å². The number of carbonyl (C=O) groups is 2. The van der Waals surface area contributed by atoms with Crippen molar-refractivity contribution in [3.63, 3.8) is 0 Å². The number of esters is 2. The molecule has 0 bridgehead atoms. The van der Waals surface area contributed by atoms with Crippen molar-refractivity contribution in [1.29, 1.82) is 0 Å². The Balaban J connectivity index is 3.96. The van der Waals surface area contributed by atoms with Crippen LogP contribution in [0.15, 0.2) is 72.9 Å². The van der Waals surface area contributed by atoms with Gasteiger partial charge in [-0.05, 0) is 90.4 Å². The van der Waals surface area contributed by atoms with Gasteiger partial charge >= 0.3 is 19.8 Å². The van der Waals surface area contributed by atoms with Crippen LogP contribution in [-0.4, -0.2) is 42.8 Å². The zero-order valence-electron chi connectivity index (χ0n) is 42.8. The molecule has 0 aliphatic rings. The molecule has 0 aliphatic heterocycles. The molecule has 0 aliphatic carbocycles. The maximum absolute atomic E-state index is 12.7. The van der Waals surface area contributed by atoms with Crippen molar-refractivity contribution < 1.29 is 37.6 Å². The lowest BCUT2D eigenvalue weighted by Crippen LogP contribution is -2.29. The zero-order chi connectivity index (χ0) is 48.1. The third-order valence-electron chi connectivity index (χ3n) is 11.5. The van der Waals surface area contributed by atoms with Crippen LogP contribution in [0, 0.1) is 0 Å². The number of hydrogen-bond donors (Lipinski definition) is 1. The Morgan fingerprint density at radius 1 is 0.424 bits per heavy atom. The summed E-state index contributed by atoms with van der Waals surface area (Å²) in [4.78, 5) is 35.0. The van der Waals surface area contributed by atoms with Crippen molar-refractivity contribution in [2.75, 3.05) is 19.8 Å². The summed E-state index contributed by atoms with van der Waals surface area (Å²) in [6, 6.07) is 0. The predicted octanol–water partition coefficient (Wildman–Crippen LogP) is 18.0. The largest absolute Gasteiger partial charge is 0.472 e. The molecule has 0 saturated carbocycles. The summed E-state index contributed by atoms with van der Waals surface area (Å²) in [7, 11) is -4.29. The van der Waals surface area contributed by atoms with Crippen molar-refractivity contribution in [3.8, 4) is 0 Å². The second-order valence-corrected chi connectivity index (χ2v) is 19.3. The van der Waals surface area contributed by atoms with Crippen molar-refractivity contribution in [2.24, 2.45) is 0 Å². The number of hydrogen-bond acceptors (Lipinski definition) is 7. The average molecular weight is 945 g/mol. The monoisotopic (exact) mass is 945 g/mol. The molecule has 0 aromatic carbocycles. The van der Waals surface area contributed by atoms with Gasteiger partial charge in [0.15, 0.2) is 6.10 Å². The number of phosphoric acid groups is 1. The van der Waals surface area contributed by atoms with Gasteiger partial charge in [-0.3, -0.25) is 18.6 Å². The van der Waals surface area contributed by atoms with Crippen LogP contribution in [0.1, 0.15) is 252 Å². The Morgan fingerprint density at radius 2 is 0.773 bits per heavy atom. The Morgan fingerprint density at radius 3 is 1.17 bits per heavy atom. The van der Waals surface area contributed by atoms with Gasteiger partial charge in [-0.25, -0.2) is 4.57 Å². The maximum atomic E-state index is 12.7. The number of unbranched alkanes of at least 4 members (excludes halogenated alkanes) is 26. The Labute approximate surface area is 406 Å². The molecule has 1 N–H and O–H groups in total. The van der Waals surface area contributed by atoms with Crippen LogP contribution < -0.4 is 0 Å². The first-order valence-corrected chi connectivity index (χ1v) is 28.7. The van der Waals surface area contributed by atoms with E-state index >= 15 is 0 Å². The molecule has 0 amide bonds. The molecule has 0 aromatic heterocycles. The average Bonchev–Trinajstić information content (AvgIpc) is 3.30. The molecular weight excluding hydrogens is 844 g/mol. The molecule has 0 rings (SSSR count). The fourth-order valence-electron chi connectivity index (χ4n) is 7.54. The summed E-state index contributed by atoms with van der Waals surface area (Å²) in [5.74, 6) is -0.801. The molecule has 2 atom stereocenters. The van der Waals surface area contributed by atoms with Crippen molar-refractivity contribution in [3.05, 3.63) is 72.9 Å². The molecule has 2 unspecified atom stereocenters. The summed E-state index contributed by atoms with van der Waals surface area (Å²) >= 11 is 0.